The summed E-state index contributed by atoms with van der Waals surface area (Å²) in [6.07, 6.45) is 2.70. The van der Waals surface area contributed by atoms with Gasteiger partial charge in [0.05, 0.1) is 18.0 Å². The molecule has 0 unspecified atom stereocenters. The van der Waals surface area contributed by atoms with Crippen LogP contribution >= 0.6 is 15.9 Å². The summed E-state index contributed by atoms with van der Waals surface area (Å²) in [5.41, 5.74) is 0.328. The molecule has 0 fully saturated rings. The Labute approximate surface area is 99.5 Å². The second-order valence-electron chi connectivity index (χ2n) is 3.08. The molecule has 0 aliphatic heterocycles. The maximum absolute atomic E-state index is 13.4. The summed E-state index contributed by atoms with van der Waals surface area (Å²) >= 11 is 3.19. The van der Waals surface area contributed by atoms with Gasteiger partial charge in [0.15, 0.2) is 5.78 Å². The molecule has 0 radical (unpaired) electrons. The quantitative estimate of drug-likeness (QED) is 0.795. The molecule has 1 aromatic heterocycles. The highest BCUT2D eigenvalue weighted by atomic mass is 79.9. The average Bonchev–Trinajstić information content (AvgIpc) is 2.32. The first-order chi connectivity index (χ1) is 7.68. The zero-order chi connectivity index (χ0) is 11.5. The fourth-order valence-electron chi connectivity index (χ4n) is 1.25. The highest BCUT2D eigenvalue weighted by Gasteiger charge is 2.14. The standard InChI is InChI=1S/C11H6BrFN2O/c12-8-1-2-10(13)9(5-8)11(16)7-3-4-14-15-6-7/h1-6H. The molecule has 0 aliphatic rings. The van der Waals surface area contributed by atoms with E-state index >= 15 is 0 Å². The predicted molar refractivity (Wildman–Crippen MR) is 59.6 cm³/mol. The third-order valence-corrected chi connectivity index (χ3v) is 2.51. The number of halogens is 2. The molecule has 2 rings (SSSR count). The van der Waals surface area contributed by atoms with Gasteiger partial charge in [-0.3, -0.25) is 4.79 Å². The highest BCUT2D eigenvalue weighted by Crippen LogP contribution is 2.18. The molecule has 0 atom stereocenters. The van der Waals surface area contributed by atoms with Gasteiger partial charge in [-0.15, -0.1) is 0 Å². The number of rotatable bonds is 2. The Hall–Kier alpha value is -1.62. The monoisotopic (exact) mass is 280 g/mol. The second-order valence-corrected chi connectivity index (χ2v) is 4.00. The molecule has 0 saturated heterocycles. The lowest BCUT2D eigenvalue weighted by Crippen LogP contribution is -2.05. The molecule has 1 heterocycles. The van der Waals surface area contributed by atoms with Crippen LogP contribution in [0, 0.1) is 5.82 Å². The minimum Gasteiger partial charge on any atom is -0.288 e. The van der Waals surface area contributed by atoms with E-state index in [2.05, 4.69) is 26.1 Å². The zero-order valence-electron chi connectivity index (χ0n) is 8.02. The minimum atomic E-state index is -0.551. The van der Waals surface area contributed by atoms with Crippen LogP contribution in [0.3, 0.4) is 0 Å². The van der Waals surface area contributed by atoms with Crippen LogP contribution in [0.25, 0.3) is 0 Å². The Kier molecular flexibility index (Phi) is 3.05. The molecule has 1 aromatic carbocycles. The van der Waals surface area contributed by atoms with Crippen LogP contribution < -0.4 is 0 Å². The number of ketones is 1. The Morgan fingerprint density at radius 1 is 1.25 bits per heavy atom. The van der Waals surface area contributed by atoms with E-state index in [1.54, 1.807) is 0 Å². The number of carbonyl (C=O) groups excluding carboxylic acids is 1. The summed E-state index contributed by atoms with van der Waals surface area (Å²) in [6, 6.07) is 5.72. The summed E-state index contributed by atoms with van der Waals surface area (Å²) in [6.45, 7) is 0. The number of carbonyl (C=O) groups is 1. The van der Waals surface area contributed by atoms with Crippen molar-refractivity contribution in [1.29, 1.82) is 0 Å². The number of hydrogen-bond acceptors (Lipinski definition) is 3. The molecule has 80 valence electrons. The number of benzene rings is 1. The zero-order valence-corrected chi connectivity index (χ0v) is 9.61. The van der Waals surface area contributed by atoms with Gasteiger partial charge in [0.1, 0.15) is 5.82 Å². The lowest BCUT2D eigenvalue weighted by Gasteiger charge is -2.02. The van der Waals surface area contributed by atoms with E-state index in [4.69, 9.17) is 0 Å². The van der Waals surface area contributed by atoms with Crippen molar-refractivity contribution in [3.8, 4) is 0 Å². The van der Waals surface area contributed by atoms with Crippen LogP contribution in [0.4, 0.5) is 4.39 Å². The van der Waals surface area contributed by atoms with Crippen molar-refractivity contribution in [2.24, 2.45) is 0 Å². The van der Waals surface area contributed by atoms with Crippen LogP contribution in [0.15, 0.2) is 41.1 Å². The SMILES string of the molecule is O=C(c1ccnnc1)c1cc(Br)ccc1F. The van der Waals surface area contributed by atoms with Gasteiger partial charge in [-0.25, -0.2) is 4.39 Å². The van der Waals surface area contributed by atoms with Crippen molar-refractivity contribution in [2.75, 3.05) is 0 Å². The van der Waals surface area contributed by atoms with Gasteiger partial charge < -0.3 is 0 Å². The Morgan fingerprint density at radius 3 is 2.75 bits per heavy atom. The molecule has 0 saturated carbocycles. The van der Waals surface area contributed by atoms with Crippen LogP contribution in [-0.2, 0) is 0 Å². The van der Waals surface area contributed by atoms with E-state index in [1.165, 1.54) is 36.7 Å². The fraction of sp³-hybridized carbons (Fsp3) is 0. The maximum Gasteiger partial charge on any atom is 0.197 e. The Balaban J connectivity index is 2.46. The van der Waals surface area contributed by atoms with E-state index < -0.39 is 11.6 Å². The summed E-state index contributed by atoms with van der Waals surface area (Å²) in [5, 5.41) is 7.13. The molecular formula is C11H6BrFN2O. The van der Waals surface area contributed by atoms with Crippen molar-refractivity contribution in [2.45, 2.75) is 0 Å². The van der Waals surface area contributed by atoms with Gasteiger partial charge in [-0.05, 0) is 24.3 Å². The van der Waals surface area contributed by atoms with Gasteiger partial charge >= 0.3 is 0 Å². The first-order valence-corrected chi connectivity index (χ1v) is 5.24. The van der Waals surface area contributed by atoms with Crippen molar-refractivity contribution in [3.05, 3.63) is 58.1 Å². The third-order valence-electron chi connectivity index (χ3n) is 2.02. The van der Waals surface area contributed by atoms with E-state index in [0.29, 0.717) is 10.0 Å². The van der Waals surface area contributed by atoms with Gasteiger partial charge in [-0.1, -0.05) is 15.9 Å². The van der Waals surface area contributed by atoms with Crippen molar-refractivity contribution >= 4 is 21.7 Å². The normalized spacial score (nSPS) is 10.1. The minimum absolute atomic E-state index is 0.0161. The van der Waals surface area contributed by atoms with Crippen molar-refractivity contribution in [1.82, 2.24) is 10.2 Å². The van der Waals surface area contributed by atoms with Gasteiger partial charge in [0, 0.05) is 10.0 Å². The number of hydrogen-bond donors (Lipinski definition) is 0. The fourth-order valence-corrected chi connectivity index (χ4v) is 1.61. The molecule has 16 heavy (non-hydrogen) atoms. The van der Waals surface area contributed by atoms with E-state index in [9.17, 15) is 9.18 Å². The first-order valence-electron chi connectivity index (χ1n) is 4.45. The van der Waals surface area contributed by atoms with Gasteiger partial charge in [0.25, 0.3) is 0 Å². The van der Waals surface area contributed by atoms with E-state index in [-0.39, 0.29) is 5.56 Å². The largest absolute Gasteiger partial charge is 0.288 e. The highest BCUT2D eigenvalue weighted by molar-refractivity contribution is 9.10. The van der Waals surface area contributed by atoms with Crippen molar-refractivity contribution in [3.63, 3.8) is 0 Å². The lowest BCUT2D eigenvalue weighted by molar-refractivity contribution is 0.103. The number of nitrogens with zero attached hydrogens (tertiary/aromatic N) is 2. The molecule has 2 aromatic rings. The summed E-state index contributed by atoms with van der Waals surface area (Å²) in [7, 11) is 0. The van der Waals surface area contributed by atoms with Gasteiger partial charge in [-0.2, -0.15) is 10.2 Å². The third kappa shape index (κ3) is 2.14. The molecule has 5 heteroatoms. The molecule has 0 spiro atoms. The van der Waals surface area contributed by atoms with Crippen LogP contribution in [0.2, 0.25) is 0 Å². The molecule has 0 bridgehead atoms. The van der Waals surface area contributed by atoms with E-state index in [1.807, 2.05) is 0 Å². The van der Waals surface area contributed by atoms with Crippen molar-refractivity contribution < 1.29 is 9.18 Å². The van der Waals surface area contributed by atoms with Crippen LogP contribution in [-0.4, -0.2) is 16.0 Å². The Morgan fingerprint density at radius 2 is 2.06 bits per heavy atom. The molecule has 0 aliphatic carbocycles. The van der Waals surface area contributed by atoms with E-state index in [0.717, 1.165) is 0 Å². The van der Waals surface area contributed by atoms with Crippen LogP contribution in [0.5, 0.6) is 0 Å². The lowest BCUT2D eigenvalue weighted by atomic mass is 10.1. The topological polar surface area (TPSA) is 42.9 Å². The predicted octanol–water partition coefficient (Wildman–Crippen LogP) is 2.61. The summed E-state index contributed by atoms with van der Waals surface area (Å²) in [5.74, 6) is -0.960. The first kappa shape index (κ1) is 10.9. The molecule has 3 nitrogen and oxygen atoms in total. The molecular weight excluding hydrogens is 275 g/mol. The number of aromatic nitrogens is 2. The Bertz CT molecular complexity index is 531. The van der Waals surface area contributed by atoms with Crippen LogP contribution in [0.1, 0.15) is 15.9 Å². The maximum atomic E-state index is 13.4. The summed E-state index contributed by atoms with van der Waals surface area (Å²) in [4.78, 5) is 11.9. The van der Waals surface area contributed by atoms with Gasteiger partial charge in [0.2, 0.25) is 0 Å². The molecule has 0 N–H and O–H groups in total. The molecule has 0 amide bonds. The second kappa shape index (κ2) is 4.49. The smallest absolute Gasteiger partial charge is 0.197 e. The average molecular weight is 281 g/mol. The summed E-state index contributed by atoms with van der Waals surface area (Å²) < 4.78 is 14.1.